The normalized spacial score (nSPS) is 12.0. The van der Waals surface area contributed by atoms with Gasteiger partial charge in [0.05, 0.1) is 24.3 Å². The van der Waals surface area contributed by atoms with Gasteiger partial charge in [0.25, 0.3) is 0 Å². The van der Waals surface area contributed by atoms with Gasteiger partial charge < -0.3 is 15.2 Å². The zero-order valence-electron chi connectivity index (χ0n) is 13.1. The highest BCUT2D eigenvalue weighted by Gasteiger charge is 2.15. The predicted octanol–water partition coefficient (Wildman–Crippen LogP) is 3.68. The number of hydrogen-bond acceptors (Lipinski definition) is 3. The molecule has 0 fully saturated rings. The van der Waals surface area contributed by atoms with Gasteiger partial charge in [-0.15, -0.1) is 0 Å². The Kier molecular flexibility index (Phi) is 5.71. The lowest BCUT2D eigenvalue weighted by Gasteiger charge is -2.16. The predicted molar refractivity (Wildman–Crippen MR) is 86.8 cm³/mol. The second kappa shape index (κ2) is 7.74. The molecule has 122 valence electrons. The number of carbonyl (C=O) groups is 1. The maximum atomic E-state index is 13.4. The Bertz CT molecular complexity index is 659. The number of nitrogens with one attached hydrogen (secondary N) is 1. The van der Waals surface area contributed by atoms with Crippen molar-refractivity contribution in [3.63, 3.8) is 0 Å². The Morgan fingerprint density at radius 3 is 2.57 bits per heavy atom. The topological polar surface area (TPSA) is 58.6 Å². The fraction of sp³-hybridized carbons (Fsp3) is 0.278. The lowest BCUT2D eigenvalue weighted by molar-refractivity contribution is -0.118. The lowest BCUT2D eigenvalue weighted by Crippen LogP contribution is -2.17. The summed E-state index contributed by atoms with van der Waals surface area (Å²) in [7, 11) is 0. The van der Waals surface area contributed by atoms with Crippen molar-refractivity contribution in [3.05, 3.63) is 59.9 Å². The van der Waals surface area contributed by atoms with Crippen molar-refractivity contribution in [2.45, 2.75) is 32.5 Å². The van der Waals surface area contributed by atoms with Crippen LogP contribution in [0.3, 0.4) is 0 Å². The number of aliphatic hydroxyl groups is 1. The molecule has 0 spiro atoms. The molecular weight excluding hydrogens is 297 g/mol. The third kappa shape index (κ3) is 5.07. The Balaban J connectivity index is 2.06. The highest BCUT2D eigenvalue weighted by molar-refractivity contribution is 5.92. The molecule has 0 saturated carbocycles. The van der Waals surface area contributed by atoms with Crippen molar-refractivity contribution < 1.29 is 19.0 Å². The van der Waals surface area contributed by atoms with Gasteiger partial charge in [0.1, 0.15) is 11.6 Å². The van der Waals surface area contributed by atoms with Crippen LogP contribution in [0.25, 0.3) is 0 Å². The number of amides is 1. The molecule has 4 nitrogen and oxygen atoms in total. The standard InChI is InChI=1S/C18H20FNO3/c1-12(2)23-17-9-8-14(19)10-15(17)20-18(22)11-16(21)13-6-4-3-5-7-13/h3-10,12,16,21H,11H2,1-2H3,(H,20,22). The fourth-order valence-electron chi connectivity index (χ4n) is 2.13. The van der Waals surface area contributed by atoms with Gasteiger partial charge in [0.2, 0.25) is 5.91 Å². The lowest BCUT2D eigenvalue weighted by atomic mass is 10.1. The van der Waals surface area contributed by atoms with Gasteiger partial charge in [-0.3, -0.25) is 4.79 Å². The number of halogens is 1. The number of ether oxygens (including phenoxy) is 1. The molecule has 2 aromatic rings. The van der Waals surface area contributed by atoms with Crippen molar-refractivity contribution in [1.82, 2.24) is 0 Å². The molecular formula is C18H20FNO3. The average Bonchev–Trinajstić information content (AvgIpc) is 2.50. The molecule has 0 saturated heterocycles. The summed E-state index contributed by atoms with van der Waals surface area (Å²) in [5, 5.41) is 12.7. The third-order valence-corrected chi connectivity index (χ3v) is 3.14. The van der Waals surface area contributed by atoms with Crippen molar-refractivity contribution in [1.29, 1.82) is 0 Å². The smallest absolute Gasteiger partial charge is 0.227 e. The molecule has 0 aliphatic carbocycles. The third-order valence-electron chi connectivity index (χ3n) is 3.14. The van der Waals surface area contributed by atoms with Gasteiger partial charge in [-0.05, 0) is 31.5 Å². The quantitative estimate of drug-likeness (QED) is 0.854. The van der Waals surface area contributed by atoms with E-state index in [-0.39, 0.29) is 18.2 Å². The second-order valence-corrected chi connectivity index (χ2v) is 5.49. The van der Waals surface area contributed by atoms with Crippen LogP contribution < -0.4 is 10.1 Å². The van der Waals surface area contributed by atoms with Gasteiger partial charge >= 0.3 is 0 Å². The van der Waals surface area contributed by atoms with Gasteiger partial charge in [0, 0.05) is 6.07 Å². The minimum atomic E-state index is -0.917. The zero-order chi connectivity index (χ0) is 16.8. The first kappa shape index (κ1) is 17.0. The SMILES string of the molecule is CC(C)Oc1ccc(F)cc1NC(=O)CC(O)c1ccccc1. The number of benzene rings is 2. The molecule has 2 aromatic carbocycles. The summed E-state index contributed by atoms with van der Waals surface area (Å²) in [4.78, 5) is 12.1. The monoisotopic (exact) mass is 317 g/mol. The van der Waals surface area contributed by atoms with Gasteiger partial charge in [0.15, 0.2) is 0 Å². The van der Waals surface area contributed by atoms with Crippen LogP contribution in [0.2, 0.25) is 0 Å². The van der Waals surface area contributed by atoms with Crippen LogP contribution >= 0.6 is 0 Å². The summed E-state index contributed by atoms with van der Waals surface area (Å²) in [6, 6.07) is 12.8. The molecule has 0 bridgehead atoms. The number of aliphatic hydroxyl groups excluding tert-OH is 1. The zero-order valence-corrected chi connectivity index (χ0v) is 13.1. The molecule has 0 aliphatic rings. The first-order chi connectivity index (χ1) is 11.0. The summed E-state index contributed by atoms with van der Waals surface area (Å²) in [6.07, 6.45) is -1.15. The first-order valence-electron chi connectivity index (χ1n) is 7.45. The minimum absolute atomic E-state index is 0.106. The minimum Gasteiger partial charge on any atom is -0.489 e. The molecule has 1 unspecified atom stereocenters. The molecule has 5 heteroatoms. The van der Waals surface area contributed by atoms with Crippen LogP contribution in [0.5, 0.6) is 5.75 Å². The van der Waals surface area contributed by atoms with Gasteiger partial charge in [-0.2, -0.15) is 0 Å². The van der Waals surface area contributed by atoms with Gasteiger partial charge in [-0.25, -0.2) is 4.39 Å². The summed E-state index contributed by atoms with van der Waals surface area (Å²) in [5.74, 6) is -0.496. The first-order valence-corrected chi connectivity index (χ1v) is 7.45. The number of carbonyl (C=O) groups excluding carboxylic acids is 1. The van der Waals surface area contributed by atoms with E-state index in [0.29, 0.717) is 11.3 Å². The van der Waals surface area contributed by atoms with E-state index in [1.807, 2.05) is 19.9 Å². The van der Waals surface area contributed by atoms with E-state index in [2.05, 4.69) is 5.32 Å². The highest BCUT2D eigenvalue weighted by Crippen LogP contribution is 2.27. The summed E-state index contributed by atoms with van der Waals surface area (Å²) in [6.45, 7) is 3.68. The van der Waals surface area contributed by atoms with Crippen LogP contribution in [0.4, 0.5) is 10.1 Å². The molecule has 0 aromatic heterocycles. The molecule has 2 N–H and O–H groups in total. The molecule has 0 heterocycles. The highest BCUT2D eigenvalue weighted by atomic mass is 19.1. The molecule has 0 aliphatic heterocycles. The van der Waals surface area contributed by atoms with Crippen molar-refractivity contribution in [3.8, 4) is 5.75 Å². The summed E-state index contributed by atoms with van der Waals surface area (Å²) in [5.41, 5.74) is 0.907. The number of anilines is 1. The van der Waals surface area contributed by atoms with Crippen molar-refractivity contribution in [2.75, 3.05) is 5.32 Å². The second-order valence-electron chi connectivity index (χ2n) is 5.49. The average molecular weight is 317 g/mol. The number of hydrogen-bond donors (Lipinski definition) is 2. The van der Waals surface area contributed by atoms with E-state index in [9.17, 15) is 14.3 Å². The van der Waals surface area contributed by atoms with E-state index in [1.54, 1.807) is 24.3 Å². The molecule has 1 amide bonds. The summed E-state index contributed by atoms with van der Waals surface area (Å²) < 4.78 is 19.0. The summed E-state index contributed by atoms with van der Waals surface area (Å²) >= 11 is 0. The van der Waals surface area contributed by atoms with Crippen LogP contribution in [-0.2, 0) is 4.79 Å². The van der Waals surface area contributed by atoms with E-state index in [4.69, 9.17) is 4.74 Å². The van der Waals surface area contributed by atoms with Crippen LogP contribution in [0.1, 0.15) is 31.9 Å². The van der Waals surface area contributed by atoms with Crippen LogP contribution in [0.15, 0.2) is 48.5 Å². The van der Waals surface area contributed by atoms with Crippen LogP contribution in [0, 0.1) is 5.82 Å². The van der Waals surface area contributed by atoms with Crippen molar-refractivity contribution >= 4 is 11.6 Å². The van der Waals surface area contributed by atoms with E-state index in [0.717, 1.165) is 0 Å². The number of rotatable bonds is 6. The Labute approximate surface area is 134 Å². The molecule has 0 radical (unpaired) electrons. The largest absolute Gasteiger partial charge is 0.489 e. The maximum Gasteiger partial charge on any atom is 0.227 e. The van der Waals surface area contributed by atoms with Gasteiger partial charge in [-0.1, -0.05) is 30.3 Å². The Morgan fingerprint density at radius 1 is 1.22 bits per heavy atom. The Hall–Kier alpha value is -2.40. The molecule has 23 heavy (non-hydrogen) atoms. The Morgan fingerprint density at radius 2 is 1.91 bits per heavy atom. The molecule has 1 atom stereocenters. The maximum absolute atomic E-state index is 13.4. The van der Waals surface area contributed by atoms with E-state index < -0.39 is 17.8 Å². The van der Waals surface area contributed by atoms with E-state index in [1.165, 1.54) is 18.2 Å². The molecule has 2 rings (SSSR count). The van der Waals surface area contributed by atoms with Crippen LogP contribution in [-0.4, -0.2) is 17.1 Å². The fourth-order valence-corrected chi connectivity index (χ4v) is 2.13. The van der Waals surface area contributed by atoms with E-state index >= 15 is 0 Å². The van der Waals surface area contributed by atoms with Crippen molar-refractivity contribution in [2.24, 2.45) is 0 Å².